The second kappa shape index (κ2) is 4.54. The highest BCUT2D eigenvalue weighted by molar-refractivity contribution is 5.96. The summed E-state index contributed by atoms with van der Waals surface area (Å²) in [5.41, 5.74) is 0.373. The molecule has 0 heterocycles. The lowest BCUT2D eigenvalue weighted by Crippen LogP contribution is -2.24. The van der Waals surface area contributed by atoms with Crippen LogP contribution in [0, 0.1) is 5.92 Å². The third-order valence-electron chi connectivity index (χ3n) is 1.48. The molecule has 0 rings (SSSR count). The quantitative estimate of drug-likeness (QED) is 0.492. The van der Waals surface area contributed by atoms with Gasteiger partial charge in [-0.15, -0.1) is 0 Å². The zero-order valence-corrected chi connectivity index (χ0v) is 7.07. The van der Waals surface area contributed by atoms with Crippen molar-refractivity contribution in [1.29, 1.82) is 0 Å². The van der Waals surface area contributed by atoms with E-state index in [-0.39, 0.29) is 0 Å². The summed E-state index contributed by atoms with van der Waals surface area (Å²) < 4.78 is 0. The maximum Gasteiger partial charge on any atom is 0.322 e. The molecule has 0 amide bonds. The first-order chi connectivity index (χ1) is 5.50. The molecule has 0 spiro atoms. The smallest absolute Gasteiger partial charge is 0.322 e. The number of rotatable bonds is 4. The third kappa shape index (κ3) is 2.74. The topological polar surface area (TPSA) is 74.6 Å². The van der Waals surface area contributed by atoms with Crippen molar-refractivity contribution in [2.45, 2.75) is 20.3 Å². The highest BCUT2D eigenvalue weighted by atomic mass is 16.4. The molecule has 0 aromatic heterocycles. The van der Waals surface area contributed by atoms with E-state index in [1.807, 2.05) is 6.92 Å². The number of aliphatic carboxylic acids is 2. The molecule has 0 aliphatic carbocycles. The van der Waals surface area contributed by atoms with E-state index >= 15 is 0 Å². The van der Waals surface area contributed by atoms with Gasteiger partial charge in [-0.3, -0.25) is 9.59 Å². The fraction of sp³-hybridized carbons (Fsp3) is 0.500. The van der Waals surface area contributed by atoms with E-state index in [4.69, 9.17) is 10.2 Å². The van der Waals surface area contributed by atoms with E-state index in [9.17, 15) is 9.59 Å². The van der Waals surface area contributed by atoms with Crippen molar-refractivity contribution < 1.29 is 19.8 Å². The van der Waals surface area contributed by atoms with Crippen LogP contribution in [0.5, 0.6) is 0 Å². The second-order valence-corrected chi connectivity index (χ2v) is 2.47. The summed E-state index contributed by atoms with van der Waals surface area (Å²) in [6, 6.07) is 0. The van der Waals surface area contributed by atoms with Crippen molar-refractivity contribution in [3.63, 3.8) is 0 Å². The van der Waals surface area contributed by atoms with Gasteiger partial charge in [0.25, 0.3) is 0 Å². The Morgan fingerprint density at radius 2 is 1.75 bits per heavy atom. The van der Waals surface area contributed by atoms with Crippen molar-refractivity contribution in [3.05, 3.63) is 11.6 Å². The van der Waals surface area contributed by atoms with Crippen molar-refractivity contribution in [2.24, 2.45) is 5.92 Å². The van der Waals surface area contributed by atoms with Crippen molar-refractivity contribution >= 4 is 11.9 Å². The first-order valence-electron chi connectivity index (χ1n) is 3.63. The number of allylic oxidation sites excluding steroid dienone is 1. The summed E-state index contributed by atoms with van der Waals surface area (Å²) in [6.07, 6.45) is 2.25. The Bertz CT molecular complexity index is 203. The van der Waals surface area contributed by atoms with Gasteiger partial charge in [0, 0.05) is 0 Å². The summed E-state index contributed by atoms with van der Waals surface area (Å²) in [7, 11) is 0. The summed E-state index contributed by atoms with van der Waals surface area (Å²) in [5.74, 6) is -4.03. The van der Waals surface area contributed by atoms with Crippen LogP contribution in [0.2, 0.25) is 0 Å². The lowest BCUT2D eigenvalue weighted by molar-refractivity contribution is -0.152. The first-order valence-corrected chi connectivity index (χ1v) is 3.63. The van der Waals surface area contributed by atoms with E-state index in [2.05, 4.69) is 0 Å². The Hall–Kier alpha value is -1.32. The summed E-state index contributed by atoms with van der Waals surface area (Å²) in [4.78, 5) is 20.9. The molecule has 0 saturated heterocycles. The van der Waals surface area contributed by atoms with E-state index in [1.54, 1.807) is 6.08 Å². The molecule has 0 unspecified atom stereocenters. The van der Waals surface area contributed by atoms with Crippen LogP contribution in [0.3, 0.4) is 0 Å². The summed E-state index contributed by atoms with van der Waals surface area (Å²) in [5, 5.41) is 17.0. The molecule has 0 aliphatic rings. The van der Waals surface area contributed by atoms with Crippen LogP contribution in [-0.4, -0.2) is 22.2 Å². The highest BCUT2D eigenvalue weighted by Gasteiger charge is 2.26. The number of carbonyl (C=O) groups is 2. The standard InChI is InChI=1S/C8H12O4/c1-3-4-5(2)6(7(9)10)8(11)12/h4,6H,3H2,1-2H3,(H,9,10)(H,11,12). The number of hydrogen-bond acceptors (Lipinski definition) is 2. The maximum atomic E-state index is 10.4. The van der Waals surface area contributed by atoms with Gasteiger partial charge in [-0.1, -0.05) is 18.6 Å². The van der Waals surface area contributed by atoms with Crippen LogP contribution in [0.15, 0.2) is 11.6 Å². The lowest BCUT2D eigenvalue weighted by Gasteiger charge is -2.06. The molecule has 0 radical (unpaired) electrons. The van der Waals surface area contributed by atoms with Crippen LogP contribution in [0.4, 0.5) is 0 Å². The molecular weight excluding hydrogens is 160 g/mol. The van der Waals surface area contributed by atoms with E-state index in [0.29, 0.717) is 12.0 Å². The molecule has 0 saturated carbocycles. The minimum absolute atomic E-state index is 0.373. The maximum absolute atomic E-state index is 10.4. The Labute approximate surface area is 70.5 Å². The third-order valence-corrected chi connectivity index (χ3v) is 1.48. The molecule has 4 nitrogen and oxygen atoms in total. The Morgan fingerprint density at radius 3 is 2.00 bits per heavy atom. The normalized spacial score (nSPS) is 11.8. The number of carboxylic acid groups (broad SMARTS) is 2. The van der Waals surface area contributed by atoms with Crippen LogP contribution < -0.4 is 0 Å². The minimum Gasteiger partial charge on any atom is -0.480 e. The number of hydrogen-bond donors (Lipinski definition) is 2. The van der Waals surface area contributed by atoms with Crippen LogP contribution >= 0.6 is 0 Å². The van der Waals surface area contributed by atoms with E-state index < -0.39 is 17.9 Å². The molecule has 2 N–H and O–H groups in total. The van der Waals surface area contributed by atoms with Gasteiger partial charge >= 0.3 is 11.9 Å². The van der Waals surface area contributed by atoms with Crippen LogP contribution in [-0.2, 0) is 9.59 Å². The van der Waals surface area contributed by atoms with Crippen LogP contribution in [0.25, 0.3) is 0 Å². The molecule has 0 aromatic carbocycles. The molecular formula is C8H12O4. The molecule has 12 heavy (non-hydrogen) atoms. The monoisotopic (exact) mass is 172 g/mol. The van der Waals surface area contributed by atoms with E-state index in [1.165, 1.54) is 6.92 Å². The molecule has 0 atom stereocenters. The highest BCUT2D eigenvalue weighted by Crippen LogP contribution is 2.11. The van der Waals surface area contributed by atoms with Crippen molar-refractivity contribution in [3.8, 4) is 0 Å². The van der Waals surface area contributed by atoms with Crippen LogP contribution in [0.1, 0.15) is 20.3 Å². The van der Waals surface area contributed by atoms with Gasteiger partial charge in [0.2, 0.25) is 0 Å². The van der Waals surface area contributed by atoms with Gasteiger partial charge in [-0.05, 0) is 13.3 Å². The molecule has 4 heteroatoms. The fourth-order valence-electron chi connectivity index (χ4n) is 0.935. The summed E-state index contributed by atoms with van der Waals surface area (Å²) >= 11 is 0. The predicted octanol–water partition coefficient (Wildman–Crippen LogP) is 1.13. The average Bonchev–Trinajstić information content (AvgIpc) is 1.85. The zero-order valence-electron chi connectivity index (χ0n) is 7.07. The Kier molecular flexibility index (Phi) is 4.04. The minimum atomic E-state index is -1.40. The van der Waals surface area contributed by atoms with Gasteiger partial charge in [0.15, 0.2) is 5.92 Å². The van der Waals surface area contributed by atoms with Gasteiger partial charge in [-0.2, -0.15) is 0 Å². The molecule has 0 aromatic rings. The molecule has 0 aliphatic heterocycles. The fourth-order valence-corrected chi connectivity index (χ4v) is 0.935. The van der Waals surface area contributed by atoms with Crippen molar-refractivity contribution in [1.82, 2.24) is 0 Å². The first kappa shape index (κ1) is 10.7. The second-order valence-electron chi connectivity index (χ2n) is 2.47. The van der Waals surface area contributed by atoms with Gasteiger partial charge in [0.1, 0.15) is 0 Å². The predicted molar refractivity (Wildman–Crippen MR) is 42.8 cm³/mol. The Balaban J connectivity index is 4.63. The van der Waals surface area contributed by atoms with Crippen molar-refractivity contribution in [2.75, 3.05) is 0 Å². The van der Waals surface area contributed by atoms with E-state index in [0.717, 1.165) is 0 Å². The largest absolute Gasteiger partial charge is 0.480 e. The summed E-state index contributed by atoms with van der Waals surface area (Å²) in [6.45, 7) is 3.33. The number of carboxylic acids is 2. The lowest BCUT2D eigenvalue weighted by atomic mass is 10.0. The zero-order chi connectivity index (χ0) is 9.72. The van der Waals surface area contributed by atoms with Gasteiger partial charge in [-0.25, -0.2) is 0 Å². The van der Waals surface area contributed by atoms with Gasteiger partial charge in [0.05, 0.1) is 0 Å². The average molecular weight is 172 g/mol. The van der Waals surface area contributed by atoms with Gasteiger partial charge < -0.3 is 10.2 Å². The molecule has 0 bridgehead atoms. The Morgan fingerprint density at radius 1 is 1.33 bits per heavy atom. The molecule has 68 valence electrons. The molecule has 0 fully saturated rings. The SMILES string of the molecule is CCC=C(C)C(C(=O)O)C(=O)O.